The van der Waals surface area contributed by atoms with Gasteiger partial charge in [0.05, 0.1) is 12.4 Å². The van der Waals surface area contributed by atoms with E-state index in [0.717, 1.165) is 32.5 Å². The van der Waals surface area contributed by atoms with Crippen molar-refractivity contribution in [2.24, 2.45) is 11.1 Å². The Hall–Kier alpha value is -0.940. The first-order chi connectivity index (χ1) is 7.60. The Bertz CT molecular complexity index is 352. The van der Waals surface area contributed by atoms with Crippen LogP contribution in [0.5, 0.6) is 0 Å². The average Bonchev–Trinajstić information content (AvgIpc) is 2.74. The second kappa shape index (κ2) is 4.51. The van der Waals surface area contributed by atoms with Gasteiger partial charge in [0.1, 0.15) is 5.01 Å². The van der Waals surface area contributed by atoms with Crippen LogP contribution in [0.4, 0.5) is 0 Å². The van der Waals surface area contributed by atoms with Crippen molar-refractivity contribution in [1.29, 1.82) is 5.41 Å². The van der Waals surface area contributed by atoms with Crippen LogP contribution < -0.4 is 5.73 Å². The minimum Gasteiger partial charge on any atom is -0.387 e. The van der Waals surface area contributed by atoms with E-state index >= 15 is 0 Å². The third kappa shape index (κ3) is 2.41. The zero-order valence-corrected chi connectivity index (χ0v) is 10.4. The lowest BCUT2D eigenvalue weighted by molar-refractivity contribution is 0.156. The van der Waals surface area contributed by atoms with Gasteiger partial charge in [-0.3, -0.25) is 10.3 Å². The van der Waals surface area contributed by atoms with Gasteiger partial charge in [-0.25, -0.2) is 4.98 Å². The number of nitrogens with zero attached hydrogens (tertiary/aromatic N) is 2. The van der Waals surface area contributed by atoms with E-state index < -0.39 is 0 Å². The van der Waals surface area contributed by atoms with Crippen molar-refractivity contribution in [3.8, 4) is 0 Å². The van der Waals surface area contributed by atoms with E-state index in [2.05, 4.69) is 16.8 Å². The number of thiazole rings is 1. The molecule has 1 aromatic rings. The normalized spacial score (nSPS) is 20.8. The zero-order valence-electron chi connectivity index (χ0n) is 9.57. The molecule has 0 aromatic carbocycles. The fourth-order valence-electron chi connectivity index (χ4n) is 2.00. The van der Waals surface area contributed by atoms with E-state index in [9.17, 15) is 0 Å². The summed E-state index contributed by atoms with van der Waals surface area (Å²) in [5.74, 6) is 0.335. The number of hydrogen-bond donors (Lipinski definition) is 2. The van der Waals surface area contributed by atoms with Crippen LogP contribution in [0.1, 0.15) is 24.8 Å². The number of aromatic nitrogens is 1. The maximum Gasteiger partial charge on any atom is 0.107 e. The van der Waals surface area contributed by atoms with Crippen molar-refractivity contribution in [3.63, 3.8) is 0 Å². The van der Waals surface area contributed by atoms with E-state index in [-0.39, 0.29) is 5.41 Å². The van der Waals surface area contributed by atoms with Crippen molar-refractivity contribution >= 4 is 17.2 Å². The molecule has 1 saturated heterocycles. The van der Waals surface area contributed by atoms with Gasteiger partial charge < -0.3 is 5.73 Å². The molecule has 3 N–H and O–H groups in total. The molecule has 1 aliphatic heterocycles. The summed E-state index contributed by atoms with van der Waals surface area (Å²) >= 11 is 1.70. The molecule has 16 heavy (non-hydrogen) atoms. The third-order valence-electron chi connectivity index (χ3n) is 3.45. The van der Waals surface area contributed by atoms with Gasteiger partial charge in [0.15, 0.2) is 0 Å². The Labute approximate surface area is 100.0 Å². The minimum absolute atomic E-state index is 0.0840. The minimum atomic E-state index is -0.0840. The molecule has 0 saturated carbocycles. The Morgan fingerprint density at radius 3 is 2.81 bits per heavy atom. The van der Waals surface area contributed by atoms with Gasteiger partial charge in [-0.2, -0.15) is 0 Å². The molecular formula is C11H18N4S. The fraction of sp³-hybridized carbons (Fsp3) is 0.636. The Morgan fingerprint density at radius 1 is 1.62 bits per heavy atom. The maximum atomic E-state index is 7.60. The quantitative estimate of drug-likeness (QED) is 0.622. The summed E-state index contributed by atoms with van der Waals surface area (Å²) in [6.07, 6.45) is 3.81. The highest BCUT2D eigenvalue weighted by atomic mass is 32.1. The van der Waals surface area contributed by atoms with Crippen molar-refractivity contribution in [2.75, 3.05) is 13.1 Å². The third-order valence-corrected chi connectivity index (χ3v) is 4.22. The van der Waals surface area contributed by atoms with Crippen molar-refractivity contribution in [1.82, 2.24) is 9.88 Å². The number of nitrogens with one attached hydrogen (secondary N) is 1. The van der Waals surface area contributed by atoms with Crippen LogP contribution in [0.25, 0.3) is 0 Å². The van der Waals surface area contributed by atoms with Crippen LogP contribution >= 0.6 is 11.3 Å². The monoisotopic (exact) mass is 238 g/mol. The first kappa shape index (κ1) is 11.5. The van der Waals surface area contributed by atoms with Crippen LogP contribution in [0, 0.1) is 10.8 Å². The van der Waals surface area contributed by atoms with Gasteiger partial charge in [-0.15, -0.1) is 11.3 Å². The summed E-state index contributed by atoms with van der Waals surface area (Å²) in [7, 11) is 0. The summed E-state index contributed by atoms with van der Waals surface area (Å²) in [6, 6.07) is 0. The maximum absolute atomic E-state index is 7.60. The summed E-state index contributed by atoms with van der Waals surface area (Å²) in [6.45, 7) is 5.05. The Kier molecular flexibility index (Phi) is 3.25. The Balaban J connectivity index is 1.88. The van der Waals surface area contributed by atoms with Crippen molar-refractivity contribution in [2.45, 2.75) is 26.3 Å². The summed E-state index contributed by atoms with van der Waals surface area (Å²) in [5.41, 5.74) is 5.55. The first-order valence-corrected chi connectivity index (χ1v) is 6.43. The molecule has 88 valence electrons. The van der Waals surface area contributed by atoms with Crippen LogP contribution in [0.2, 0.25) is 0 Å². The molecule has 0 atom stereocenters. The highest BCUT2D eigenvalue weighted by Gasteiger charge is 2.32. The van der Waals surface area contributed by atoms with Gasteiger partial charge in [-0.05, 0) is 25.9 Å². The standard InChI is InChI=1S/C11H18N4S/c1-11(10(12)13)2-5-15(6-3-11)8-9-14-4-7-16-9/h4,7H,2-3,5-6,8H2,1H3,(H3,12,13). The number of nitrogens with two attached hydrogens (primary N) is 1. The molecule has 4 nitrogen and oxygen atoms in total. The SMILES string of the molecule is CC1(C(=N)N)CCN(Cc2nccs2)CC1. The zero-order chi connectivity index (χ0) is 11.6. The molecule has 0 bridgehead atoms. The van der Waals surface area contributed by atoms with E-state index in [1.54, 1.807) is 11.3 Å². The molecule has 5 heteroatoms. The summed E-state index contributed by atoms with van der Waals surface area (Å²) < 4.78 is 0. The Morgan fingerprint density at radius 2 is 2.31 bits per heavy atom. The molecule has 0 unspecified atom stereocenters. The van der Waals surface area contributed by atoms with Crippen LogP contribution in [-0.4, -0.2) is 28.8 Å². The lowest BCUT2D eigenvalue weighted by Gasteiger charge is -2.38. The molecule has 1 fully saturated rings. The highest BCUT2D eigenvalue weighted by Crippen LogP contribution is 2.31. The average molecular weight is 238 g/mol. The second-order valence-electron chi connectivity index (χ2n) is 4.68. The highest BCUT2D eigenvalue weighted by molar-refractivity contribution is 7.09. The molecule has 0 aliphatic carbocycles. The van der Waals surface area contributed by atoms with Crippen molar-refractivity contribution < 1.29 is 0 Å². The van der Waals surface area contributed by atoms with Crippen LogP contribution in [-0.2, 0) is 6.54 Å². The second-order valence-corrected chi connectivity index (χ2v) is 5.66. The molecule has 0 radical (unpaired) electrons. The van der Waals surface area contributed by atoms with Gasteiger partial charge in [0.25, 0.3) is 0 Å². The first-order valence-electron chi connectivity index (χ1n) is 5.55. The summed E-state index contributed by atoms with van der Waals surface area (Å²) in [4.78, 5) is 6.68. The largest absolute Gasteiger partial charge is 0.387 e. The van der Waals surface area contributed by atoms with Gasteiger partial charge >= 0.3 is 0 Å². The summed E-state index contributed by atoms with van der Waals surface area (Å²) in [5, 5.41) is 10.8. The molecular weight excluding hydrogens is 220 g/mol. The molecule has 2 heterocycles. The molecule has 1 aromatic heterocycles. The van der Waals surface area contributed by atoms with E-state index in [0.29, 0.717) is 5.84 Å². The van der Waals surface area contributed by atoms with Gasteiger partial charge in [0.2, 0.25) is 0 Å². The number of piperidine rings is 1. The van der Waals surface area contributed by atoms with Gasteiger partial charge in [-0.1, -0.05) is 6.92 Å². The van der Waals surface area contributed by atoms with E-state index in [1.165, 1.54) is 5.01 Å². The van der Waals surface area contributed by atoms with Gasteiger partial charge in [0, 0.05) is 17.0 Å². The van der Waals surface area contributed by atoms with E-state index in [1.807, 2.05) is 11.6 Å². The van der Waals surface area contributed by atoms with Crippen LogP contribution in [0.15, 0.2) is 11.6 Å². The lowest BCUT2D eigenvalue weighted by Crippen LogP contribution is -2.44. The molecule has 1 aliphatic rings. The number of rotatable bonds is 3. The molecule has 0 amide bonds. The van der Waals surface area contributed by atoms with Crippen LogP contribution in [0.3, 0.4) is 0 Å². The number of amidine groups is 1. The van der Waals surface area contributed by atoms with Crippen molar-refractivity contribution in [3.05, 3.63) is 16.6 Å². The molecule has 2 rings (SSSR count). The fourth-order valence-corrected chi connectivity index (χ4v) is 2.65. The number of hydrogen-bond acceptors (Lipinski definition) is 4. The van der Waals surface area contributed by atoms with E-state index in [4.69, 9.17) is 11.1 Å². The number of likely N-dealkylation sites (tertiary alicyclic amines) is 1. The molecule has 0 spiro atoms. The predicted octanol–water partition coefficient (Wildman–Crippen LogP) is 1.68. The topological polar surface area (TPSA) is 66.0 Å². The predicted molar refractivity (Wildman–Crippen MR) is 66.6 cm³/mol. The smallest absolute Gasteiger partial charge is 0.107 e. The lowest BCUT2D eigenvalue weighted by atomic mass is 9.79.